The Morgan fingerprint density at radius 1 is 0.361 bits per heavy atom. The average molecular weight is 847 g/mol. The van der Waals surface area contributed by atoms with Crippen molar-refractivity contribution in [2.24, 2.45) is 0 Å². The fourth-order valence-corrected chi connectivity index (χ4v) is 6.47. The second-order valence-corrected chi connectivity index (χ2v) is 16.0. The Hall–Kier alpha value is -3.67. The van der Waals surface area contributed by atoms with Crippen LogP contribution < -0.4 is 0 Å². The molecule has 1 unspecified atom stereocenters. The lowest BCUT2D eigenvalue weighted by Gasteiger charge is -2.18. The van der Waals surface area contributed by atoms with Crippen LogP contribution in [0.3, 0.4) is 0 Å². The van der Waals surface area contributed by atoms with E-state index >= 15 is 0 Å². The molecule has 0 rings (SSSR count). The molecule has 0 bridgehead atoms. The maximum atomic E-state index is 12.8. The van der Waals surface area contributed by atoms with Crippen LogP contribution in [-0.4, -0.2) is 37.2 Å². The van der Waals surface area contributed by atoms with E-state index in [1.807, 2.05) is 24.3 Å². The summed E-state index contributed by atoms with van der Waals surface area (Å²) in [6.45, 7) is 6.29. The largest absolute Gasteiger partial charge is 0.462 e. The van der Waals surface area contributed by atoms with Gasteiger partial charge in [0.05, 0.1) is 0 Å². The van der Waals surface area contributed by atoms with E-state index in [1.165, 1.54) is 77.0 Å². The molecule has 0 aliphatic rings. The van der Waals surface area contributed by atoms with E-state index < -0.39 is 6.10 Å². The number of carbonyl (C=O) groups excluding carboxylic acids is 3. The van der Waals surface area contributed by atoms with Crippen LogP contribution in [0.1, 0.15) is 213 Å². The van der Waals surface area contributed by atoms with Gasteiger partial charge in [0.15, 0.2) is 6.10 Å². The maximum Gasteiger partial charge on any atom is 0.306 e. The minimum atomic E-state index is -0.811. The predicted octanol–water partition coefficient (Wildman–Crippen LogP) is 16.2. The molecule has 0 heterocycles. The van der Waals surface area contributed by atoms with Crippen molar-refractivity contribution in [3.63, 3.8) is 0 Å². The number of ether oxygens (including phenoxy) is 3. The molecule has 0 aromatic rings. The molecular weight excluding hydrogens is 757 g/mol. The molecular formula is C55H90O6. The summed E-state index contributed by atoms with van der Waals surface area (Å²) >= 11 is 0. The van der Waals surface area contributed by atoms with Gasteiger partial charge in [0, 0.05) is 19.3 Å². The first-order valence-corrected chi connectivity index (χ1v) is 24.8. The summed E-state index contributed by atoms with van der Waals surface area (Å²) in [7, 11) is 0. The summed E-state index contributed by atoms with van der Waals surface area (Å²) in [5, 5.41) is 0. The van der Waals surface area contributed by atoms with Gasteiger partial charge in [-0.25, -0.2) is 0 Å². The van der Waals surface area contributed by atoms with Gasteiger partial charge in [0.1, 0.15) is 13.2 Å². The van der Waals surface area contributed by atoms with Gasteiger partial charge in [0.25, 0.3) is 0 Å². The quantitative estimate of drug-likeness (QED) is 0.0200. The monoisotopic (exact) mass is 847 g/mol. The molecule has 0 spiro atoms. The molecule has 0 amide bonds. The van der Waals surface area contributed by atoms with Gasteiger partial charge in [-0.05, 0) is 89.9 Å². The highest BCUT2D eigenvalue weighted by molar-refractivity contribution is 5.71. The number of rotatable bonds is 43. The SMILES string of the molecule is CC\C=C/C=C\C=C/C=C\CCCCCCCC(=O)OC(COC(=O)CCC/C=C\C/C=C\C/C=C\CC)COC(=O)CCCCCCCCC/C=C\CCCCCCCC. The number of hydrogen-bond acceptors (Lipinski definition) is 6. The normalized spacial score (nSPS) is 12.9. The minimum Gasteiger partial charge on any atom is -0.462 e. The fraction of sp³-hybridized carbons (Fsp3) is 0.655. The second-order valence-electron chi connectivity index (χ2n) is 16.0. The molecule has 0 aliphatic carbocycles. The van der Waals surface area contributed by atoms with Crippen LogP contribution in [0, 0.1) is 0 Å². The van der Waals surface area contributed by atoms with E-state index in [2.05, 4.69) is 93.7 Å². The molecule has 0 N–H and O–H groups in total. The van der Waals surface area contributed by atoms with Crippen molar-refractivity contribution in [2.75, 3.05) is 13.2 Å². The Balaban J connectivity index is 4.46. The molecule has 0 saturated heterocycles. The van der Waals surface area contributed by atoms with E-state index in [0.717, 1.165) is 89.9 Å². The summed E-state index contributed by atoms with van der Waals surface area (Å²) in [4.78, 5) is 37.9. The zero-order chi connectivity index (χ0) is 44.4. The number of allylic oxidation sites excluding steroid dienone is 16. The molecule has 0 aliphatic heterocycles. The Morgan fingerprint density at radius 3 is 1.28 bits per heavy atom. The summed E-state index contributed by atoms with van der Waals surface area (Å²) in [6.07, 6.45) is 64.0. The lowest BCUT2D eigenvalue weighted by molar-refractivity contribution is -0.167. The van der Waals surface area contributed by atoms with Crippen molar-refractivity contribution in [2.45, 2.75) is 219 Å². The van der Waals surface area contributed by atoms with Gasteiger partial charge < -0.3 is 14.2 Å². The van der Waals surface area contributed by atoms with Crippen molar-refractivity contribution in [1.82, 2.24) is 0 Å². The first kappa shape index (κ1) is 57.3. The molecule has 6 nitrogen and oxygen atoms in total. The molecule has 0 saturated carbocycles. The second kappa shape index (κ2) is 49.0. The summed E-state index contributed by atoms with van der Waals surface area (Å²) in [5.41, 5.74) is 0. The van der Waals surface area contributed by atoms with E-state index in [0.29, 0.717) is 12.8 Å². The van der Waals surface area contributed by atoms with Gasteiger partial charge in [-0.3, -0.25) is 14.4 Å². The Labute approximate surface area is 375 Å². The van der Waals surface area contributed by atoms with Crippen LogP contribution in [-0.2, 0) is 28.6 Å². The zero-order valence-corrected chi connectivity index (χ0v) is 39.4. The van der Waals surface area contributed by atoms with Crippen LogP contribution in [0.15, 0.2) is 97.2 Å². The highest BCUT2D eigenvalue weighted by Crippen LogP contribution is 2.13. The lowest BCUT2D eigenvalue weighted by atomic mass is 10.1. The molecule has 0 aromatic heterocycles. The van der Waals surface area contributed by atoms with Crippen LogP contribution in [0.25, 0.3) is 0 Å². The van der Waals surface area contributed by atoms with Crippen LogP contribution in [0.4, 0.5) is 0 Å². The third-order valence-electron chi connectivity index (χ3n) is 10.1. The van der Waals surface area contributed by atoms with Crippen LogP contribution >= 0.6 is 0 Å². The van der Waals surface area contributed by atoms with E-state index in [1.54, 1.807) is 0 Å². The van der Waals surface area contributed by atoms with Crippen molar-refractivity contribution >= 4 is 17.9 Å². The molecule has 0 aromatic carbocycles. The Morgan fingerprint density at radius 2 is 0.738 bits per heavy atom. The van der Waals surface area contributed by atoms with Gasteiger partial charge in [-0.1, -0.05) is 201 Å². The first-order valence-electron chi connectivity index (χ1n) is 24.8. The van der Waals surface area contributed by atoms with E-state index in [4.69, 9.17) is 14.2 Å². The Bertz CT molecular complexity index is 1250. The minimum absolute atomic E-state index is 0.106. The fourth-order valence-electron chi connectivity index (χ4n) is 6.47. The molecule has 0 radical (unpaired) electrons. The van der Waals surface area contributed by atoms with Crippen molar-refractivity contribution in [1.29, 1.82) is 0 Å². The van der Waals surface area contributed by atoms with Crippen LogP contribution in [0.5, 0.6) is 0 Å². The summed E-state index contributed by atoms with van der Waals surface area (Å²) in [6, 6.07) is 0. The summed E-state index contributed by atoms with van der Waals surface area (Å²) < 4.78 is 16.7. The standard InChI is InChI=1S/C55H90O6/c1-4-7-10-13-16-19-22-24-26-27-29-30-33-36-39-42-45-48-54(57)60-51-52(50-59-53(56)47-44-41-38-35-32-21-18-15-12-9-6-3)61-55(58)49-46-43-40-37-34-31-28-25-23-20-17-14-11-8-5-2/h8-9,11-12,14,17-18,20-21,23-26,28,35,38,52H,4-7,10,13,15-16,19,22,27,29-34,36-37,39-51H2,1-3H3/b11-8-,12-9-,17-14-,21-18-,23-20-,26-24-,28-25-,38-35-. The number of carbonyl (C=O) groups is 3. The average Bonchev–Trinajstić information content (AvgIpc) is 3.26. The number of esters is 3. The molecule has 0 fully saturated rings. The van der Waals surface area contributed by atoms with Gasteiger partial charge >= 0.3 is 17.9 Å². The highest BCUT2D eigenvalue weighted by atomic mass is 16.6. The smallest absolute Gasteiger partial charge is 0.306 e. The van der Waals surface area contributed by atoms with Gasteiger partial charge in [-0.15, -0.1) is 0 Å². The molecule has 1 atom stereocenters. The predicted molar refractivity (Wildman–Crippen MR) is 260 cm³/mol. The maximum absolute atomic E-state index is 12.8. The first-order chi connectivity index (χ1) is 30.0. The van der Waals surface area contributed by atoms with Crippen molar-refractivity contribution < 1.29 is 28.6 Å². The van der Waals surface area contributed by atoms with E-state index in [-0.39, 0.29) is 44.0 Å². The topological polar surface area (TPSA) is 78.9 Å². The number of unbranched alkanes of at least 4 members (excludes halogenated alkanes) is 19. The Kier molecular flexibility index (Phi) is 46.0. The van der Waals surface area contributed by atoms with Crippen molar-refractivity contribution in [3.05, 3.63) is 97.2 Å². The highest BCUT2D eigenvalue weighted by Gasteiger charge is 2.19. The third-order valence-corrected chi connectivity index (χ3v) is 10.1. The molecule has 61 heavy (non-hydrogen) atoms. The molecule has 346 valence electrons. The number of hydrogen-bond donors (Lipinski definition) is 0. The van der Waals surface area contributed by atoms with Crippen molar-refractivity contribution in [3.8, 4) is 0 Å². The van der Waals surface area contributed by atoms with Gasteiger partial charge in [0.2, 0.25) is 0 Å². The zero-order valence-electron chi connectivity index (χ0n) is 39.4. The van der Waals surface area contributed by atoms with E-state index in [9.17, 15) is 14.4 Å². The van der Waals surface area contributed by atoms with Gasteiger partial charge in [-0.2, -0.15) is 0 Å². The summed E-state index contributed by atoms with van der Waals surface area (Å²) in [5.74, 6) is -0.997. The van der Waals surface area contributed by atoms with Crippen LogP contribution in [0.2, 0.25) is 0 Å². The lowest BCUT2D eigenvalue weighted by Crippen LogP contribution is -2.30. The third kappa shape index (κ3) is 47.2. The molecule has 6 heteroatoms.